The van der Waals surface area contributed by atoms with E-state index in [1.165, 1.54) is 0 Å². The van der Waals surface area contributed by atoms with Crippen molar-refractivity contribution in [1.29, 1.82) is 0 Å². The Balaban J connectivity index is 1.68. The summed E-state index contributed by atoms with van der Waals surface area (Å²) in [6.07, 6.45) is 0.866. The zero-order valence-electron chi connectivity index (χ0n) is 12.6. The van der Waals surface area contributed by atoms with E-state index in [0.29, 0.717) is 0 Å². The van der Waals surface area contributed by atoms with Crippen molar-refractivity contribution >= 4 is 12.9 Å². The number of hydrogen-bond donors (Lipinski definition) is 0. The summed E-state index contributed by atoms with van der Waals surface area (Å²) in [5, 5.41) is 0. The summed E-state index contributed by atoms with van der Waals surface area (Å²) in [5.74, 6) is 0.459. The first-order valence-electron chi connectivity index (χ1n) is 7.27. The molecule has 1 aromatic carbocycles. The molecule has 20 heavy (non-hydrogen) atoms. The highest BCUT2D eigenvalue weighted by atomic mass is 16.7. The summed E-state index contributed by atoms with van der Waals surface area (Å²) in [6, 6.07) is 9.48. The molecule has 1 saturated heterocycles. The summed E-state index contributed by atoms with van der Waals surface area (Å²) in [4.78, 5) is 12.4. The van der Waals surface area contributed by atoms with Crippen molar-refractivity contribution < 1.29 is 14.1 Å². The van der Waals surface area contributed by atoms with Gasteiger partial charge in [0.1, 0.15) is 0 Å². The Hall–Kier alpha value is -1.13. The molecule has 1 aromatic rings. The third kappa shape index (κ3) is 2.21. The Morgan fingerprint density at radius 2 is 1.65 bits per heavy atom. The van der Waals surface area contributed by atoms with Gasteiger partial charge in [-0.25, -0.2) is 0 Å². The van der Waals surface area contributed by atoms with E-state index in [4.69, 9.17) is 9.31 Å². The van der Waals surface area contributed by atoms with Crippen molar-refractivity contribution in [2.24, 2.45) is 5.92 Å². The second kappa shape index (κ2) is 4.44. The Bertz CT molecular complexity index is 508. The van der Waals surface area contributed by atoms with E-state index in [9.17, 15) is 4.79 Å². The average Bonchev–Trinajstić information content (AvgIpc) is 3.13. The van der Waals surface area contributed by atoms with Gasteiger partial charge < -0.3 is 9.31 Å². The lowest BCUT2D eigenvalue weighted by Crippen LogP contribution is -2.41. The number of hydrogen-bond acceptors (Lipinski definition) is 3. The highest BCUT2D eigenvalue weighted by Gasteiger charge is 2.61. The van der Waals surface area contributed by atoms with Gasteiger partial charge in [0.15, 0.2) is 5.78 Å². The largest absolute Gasteiger partial charge is 0.461 e. The summed E-state index contributed by atoms with van der Waals surface area (Å²) >= 11 is 0. The van der Waals surface area contributed by atoms with Crippen LogP contribution in [-0.4, -0.2) is 24.1 Å². The van der Waals surface area contributed by atoms with E-state index in [1.54, 1.807) is 0 Å². The molecule has 1 aliphatic heterocycles. The number of benzene rings is 1. The van der Waals surface area contributed by atoms with Gasteiger partial charge in [0.05, 0.1) is 11.2 Å². The highest BCUT2D eigenvalue weighted by Crippen LogP contribution is 2.54. The molecule has 4 heteroatoms. The molecule has 1 heterocycles. The Labute approximate surface area is 120 Å². The number of carbonyl (C=O) groups is 1. The van der Waals surface area contributed by atoms with Crippen LogP contribution in [0.5, 0.6) is 0 Å². The van der Waals surface area contributed by atoms with Crippen molar-refractivity contribution in [1.82, 2.24) is 0 Å². The molecule has 0 spiro atoms. The summed E-state index contributed by atoms with van der Waals surface area (Å²) in [7, 11) is -0.252. The van der Waals surface area contributed by atoms with Crippen LogP contribution in [0.25, 0.3) is 0 Å². The highest BCUT2D eigenvalue weighted by molar-refractivity contribution is 6.49. The van der Waals surface area contributed by atoms with Gasteiger partial charge in [0.25, 0.3) is 0 Å². The molecule has 1 aliphatic carbocycles. The van der Waals surface area contributed by atoms with Gasteiger partial charge in [-0.1, -0.05) is 30.3 Å². The molecule has 3 rings (SSSR count). The third-order valence-electron chi connectivity index (χ3n) is 4.86. The predicted octanol–water partition coefficient (Wildman–Crippen LogP) is 3.35. The molecule has 0 radical (unpaired) electrons. The third-order valence-corrected chi connectivity index (χ3v) is 4.86. The first kappa shape index (κ1) is 13.8. The van der Waals surface area contributed by atoms with E-state index in [0.717, 1.165) is 12.0 Å². The number of rotatable bonds is 3. The minimum absolute atomic E-state index is 0.0482. The van der Waals surface area contributed by atoms with Crippen LogP contribution in [0, 0.1) is 5.92 Å². The molecule has 0 unspecified atom stereocenters. The molecule has 3 nitrogen and oxygen atoms in total. The van der Waals surface area contributed by atoms with Crippen molar-refractivity contribution in [3.63, 3.8) is 0 Å². The van der Waals surface area contributed by atoms with E-state index < -0.39 is 0 Å². The maximum absolute atomic E-state index is 12.4. The standard InChI is InChI=1S/C16H21BO3/c1-15(2)16(3,4)20-17(19-15)13-10-12(13)14(18)11-8-6-5-7-9-11/h5-9,12-13H,10H2,1-4H3/t12-,13+/m0/s1. The zero-order valence-corrected chi connectivity index (χ0v) is 12.6. The second-order valence-electron chi connectivity index (χ2n) is 6.86. The van der Waals surface area contributed by atoms with E-state index in [1.807, 2.05) is 58.0 Å². The van der Waals surface area contributed by atoms with Gasteiger partial charge in [-0.2, -0.15) is 0 Å². The lowest BCUT2D eigenvalue weighted by Gasteiger charge is -2.32. The zero-order chi connectivity index (χ0) is 14.5. The maximum atomic E-state index is 12.4. The van der Waals surface area contributed by atoms with Crippen LogP contribution in [0.3, 0.4) is 0 Å². The van der Waals surface area contributed by atoms with Crippen LogP contribution >= 0.6 is 0 Å². The Morgan fingerprint density at radius 3 is 2.20 bits per heavy atom. The summed E-state index contributed by atoms with van der Waals surface area (Å²) in [6.45, 7) is 8.18. The second-order valence-corrected chi connectivity index (χ2v) is 6.86. The molecule has 0 amide bonds. The van der Waals surface area contributed by atoms with Crippen molar-refractivity contribution in [3.8, 4) is 0 Å². The molecule has 2 atom stereocenters. The molecule has 106 valence electrons. The van der Waals surface area contributed by atoms with Gasteiger partial charge >= 0.3 is 7.12 Å². The number of Topliss-reactive ketones (excluding diaryl/α,β-unsaturated/α-hetero) is 1. The van der Waals surface area contributed by atoms with Crippen molar-refractivity contribution in [2.45, 2.75) is 51.1 Å². The van der Waals surface area contributed by atoms with E-state index in [-0.39, 0.29) is 35.8 Å². The summed E-state index contributed by atoms with van der Waals surface area (Å²) < 4.78 is 12.1. The molecule has 2 fully saturated rings. The first-order chi connectivity index (χ1) is 9.32. The lowest BCUT2D eigenvalue weighted by molar-refractivity contribution is 0.00578. The topological polar surface area (TPSA) is 35.5 Å². The Kier molecular flexibility index (Phi) is 3.07. The molecule has 0 aromatic heterocycles. The maximum Gasteiger partial charge on any atom is 0.461 e. The van der Waals surface area contributed by atoms with Gasteiger partial charge in [0, 0.05) is 17.3 Å². The van der Waals surface area contributed by atoms with Crippen LogP contribution in [0.1, 0.15) is 44.5 Å². The monoisotopic (exact) mass is 272 g/mol. The van der Waals surface area contributed by atoms with Crippen LogP contribution in [0.4, 0.5) is 0 Å². The van der Waals surface area contributed by atoms with E-state index in [2.05, 4.69) is 0 Å². The van der Waals surface area contributed by atoms with Gasteiger partial charge in [-0.05, 0) is 34.1 Å². The SMILES string of the molecule is CC1(C)OB([C@@H]2C[C@@H]2C(=O)c2ccccc2)OC1(C)C. The minimum Gasteiger partial charge on any atom is -0.403 e. The Morgan fingerprint density at radius 1 is 1.10 bits per heavy atom. The lowest BCUT2D eigenvalue weighted by atomic mass is 9.79. The fraction of sp³-hybridized carbons (Fsp3) is 0.562. The molecule has 2 aliphatic rings. The number of carbonyl (C=O) groups excluding carboxylic acids is 1. The predicted molar refractivity (Wildman–Crippen MR) is 78.7 cm³/mol. The molecule has 0 bridgehead atoms. The fourth-order valence-electron chi connectivity index (χ4n) is 2.70. The first-order valence-corrected chi connectivity index (χ1v) is 7.27. The normalized spacial score (nSPS) is 30.3. The van der Waals surface area contributed by atoms with Crippen molar-refractivity contribution in [3.05, 3.63) is 35.9 Å². The van der Waals surface area contributed by atoms with Crippen LogP contribution < -0.4 is 0 Å². The van der Waals surface area contributed by atoms with Crippen molar-refractivity contribution in [2.75, 3.05) is 0 Å². The van der Waals surface area contributed by atoms with E-state index >= 15 is 0 Å². The van der Waals surface area contributed by atoms with Gasteiger partial charge in [0.2, 0.25) is 0 Å². The van der Waals surface area contributed by atoms with Crippen LogP contribution in [-0.2, 0) is 9.31 Å². The molecule has 1 saturated carbocycles. The smallest absolute Gasteiger partial charge is 0.403 e. The summed E-state index contributed by atoms with van der Waals surface area (Å²) in [5.41, 5.74) is 0.151. The van der Waals surface area contributed by atoms with Gasteiger partial charge in [-0.15, -0.1) is 0 Å². The molecule has 0 N–H and O–H groups in total. The number of ketones is 1. The van der Waals surface area contributed by atoms with Gasteiger partial charge in [-0.3, -0.25) is 4.79 Å². The molecular formula is C16H21BO3. The minimum atomic E-state index is -0.319. The average molecular weight is 272 g/mol. The van der Waals surface area contributed by atoms with Crippen LogP contribution in [0.2, 0.25) is 5.82 Å². The fourth-order valence-corrected chi connectivity index (χ4v) is 2.70. The van der Waals surface area contributed by atoms with Crippen LogP contribution in [0.15, 0.2) is 30.3 Å². The quantitative estimate of drug-likeness (QED) is 0.625. The molecular weight excluding hydrogens is 251 g/mol.